The van der Waals surface area contributed by atoms with Crippen LogP contribution in [0.5, 0.6) is 17.2 Å². The molecule has 5 atom stereocenters. The van der Waals surface area contributed by atoms with Gasteiger partial charge in [-0.15, -0.1) is 0 Å². The Morgan fingerprint density at radius 2 is 0.793 bits per heavy atom. The highest BCUT2D eigenvalue weighted by Gasteiger charge is 2.44. The van der Waals surface area contributed by atoms with Crippen molar-refractivity contribution < 1.29 is 44.1 Å². The molecule has 340 valence electrons. The molecule has 0 amide bonds. The lowest BCUT2D eigenvalue weighted by Gasteiger charge is -2.39. The van der Waals surface area contributed by atoms with Gasteiger partial charge in [-0.3, -0.25) is 0 Å². The zero-order valence-electron chi connectivity index (χ0n) is 37.6. The van der Waals surface area contributed by atoms with Crippen molar-refractivity contribution in [1.82, 2.24) is 0 Å². The fourth-order valence-electron chi connectivity index (χ4n) is 7.76. The summed E-state index contributed by atoms with van der Waals surface area (Å²) in [6.07, 6.45) is 30.9. The summed E-state index contributed by atoms with van der Waals surface area (Å²) >= 11 is 0. The molecule has 1 aromatic carbocycles. The van der Waals surface area contributed by atoms with Crippen LogP contribution in [0.2, 0.25) is 0 Å². The summed E-state index contributed by atoms with van der Waals surface area (Å²) in [5, 5.41) is 40.9. The number of hydrogen-bond donors (Lipinski definition) is 4. The Morgan fingerprint density at radius 3 is 1.16 bits per heavy atom. The van der Waals surface area contributed by atoms with Gasteiger partial charge < -0.3 is 44.1 Å². The van der Waals surface area contributed by atoms with Crippen molar-refractivity contribution in [3.8, 4) is 17.2 Å². The number of benzene rings is 1. The van der Waals surface area contributed by atoms with Crippen LogP contribution in [0.4, 0.5) is 0 Å². The summed E-state index contributed by atoms with van der Waals surface area (Å²) in [4.78, 5) is 0. The molecule has 58 heavy (non-hydrogen) atoms. The monoisotopic (exact) mass is 823 g/mol. The number of unbranched alkanes of at least 4 members (excludes halogenated alkanes) is 27. The SMILES string of the molecule is CCCCCCCCCCCCOc1cc(CO[C@@H]2O[C@H](CO)[C@@H](O)[C@H](O)[C@H]2O)cc(OCCCCCCCCCCCC)c1OCCCCCCCCCCCC. The van der Waals surface area contributed by atoms with Crippen molar-refractivity contribution in [1.29, 1.82) is 0 Å². The average Bonchev–Trinajstić information content (AvgIpc) is 3.23. The van der Waals surface area contributed by atoms with Gasteiger partial charge in [0.05, 0.1) is 33.0 Å². The van der Waals surface area contributed by atoms with E-state index >= 15 is 0 Å². The van der Waals surface area contributed by atoms with Crippen molar-refractivity contribution in [3.05, 3.63) is 17.7 Å². The average molecular weight is 823 g/mol. The molecule has 0 unspecified atom stereocenters. The molecule has 1 heterocycles. The number of hydrogen-bond acceptors (Lipinski definition) is 9. The molecule has 1 fully saturated rings. The highest BCUT2D eigenvalue weighted by Crippen LogP contribution is 2.40. The Kier molecular flexibility index (Phi) is 32.7. The second-order valence-electron chi connectivity index (χ2n) is 17.0. The van der Waals surface area contributed by atoms with E-state index in [1.54, 1.807) is 0 Å². The first-order valence-electron chi connectivity index (χ1n) is 24.4. The van der Waals surface area contributed by atoms with Gasteiger partial charge >= 0.3 is 0 Å². The molecule has 0 radical (unpaired) electrons. The minimum absolute atomic E-state index is 0.0324. The van der Waals surface area contributed by atoms with Crippen LogP contribution >= 0.6 is 0 Å². The molecule has 0 aliphatic carbocycles. The zero-order valence-corrected chi connectivity index (χ0v) is 37.6. The van der Waals surface area contributed by atoms with Gasteiger partial charge in [0, 0.05) is 0 Å². The summed E-state index contributed by atoms with van der Waals surface area (Å²) in [7, 11) is 0. The van der Waals surface area contributed by atoms with E-state index in [1.165, 1.54) is 154 Å². The summed E-state index contributed by atoms with van der Waals surface area (Å²) in [6.45, 7) is 8.03. The Balaban J connectivity index is 2.08. The molecule has 9 heteroatoms. The molecule has 1 aliphatic heterocycles. The summed E-state index contributed by atoms with van der Waals surface area (Å²) in [6, 6.07) is 3.84. The third kappa shape index (κ3) is 24.0. The van der Waals surface area contributed by atoms with Gasteiger partial charge in [0.25, 0.3) is 0 Å². The molecule has 4 N–H and O–H groups in total. The molecule has 1 aliphatic rings. The summed E-state index contributed by atoms with van der Waals surface area (Å²) in [5.74, 6) is 1.87. The second-order valence-corrected chi connectivity index (χ2v) is 17.0. The van der Waals surface area contributed by atoms with E-state index in [2.05, 4.69) is 20.8 Å². The molecule has 1 saturated heterocycles. The van der Waals surface area contributed by atoms with Crippen LogP contribution < -0.4 is 14.2 Å². The lowest BCUT2D eigenvalue weighted by molar-refractivity contribution is -0.304. The maximum absolute atomic E-state index is 10.6. The van der Waals surface area contributed by atoms with Crippen LogP contribution in [-0.4, -0.2) is 77.6 Å². The highest BCUT2D eigenvalue weighted by atomic mass is 16.7. The fourth-order valence-corrected chi connectivity index (χ4v) is 7.76. The van der Waals surface area contributed by atoms with E-state index in [-0.39, 0.29) is 6.61 Å². The van der Waals surface area contributed by atoms with Gasteiger partial charge in [-0.25, -0.2) is 0 Å². The zero-order chi connectivity index (χ0) is 41.9. The van der Waals surface area contributed by atoms with E-state index < -0.39 is 37.3 Å². The van der Waals surface area contributed by atoms with E-state index in [1.807, 2.05) is 12.1 Å². The predicted molar refractivity (Wildman–Crippen MR) is 237 cm³/mol. The van der Waals surface area contributed by atoms with Crippen LogP contribution in [0, 0.1) is 0 Å². The first-order chi connectivity index (χ1) is 28.5. The lowest BCUT2D eigenvalue weighted by atomic mass is 9.99. The molecule has 0 spiro atoms. The number of rotatable bonds is 40. The number of aliphatic hydroxyl groups excluding tert-OH is 4. The predicted octanol–water partition coefficient (Wildman–Crippen LogP) is 11.9. The van der Waals surface area contributed by atoms with Gasteiger partial charge in [0.15, 0.2) is 17.8 Å². The van der Waals surface area contributed by atoms with Crippen LogP contribution in [0.15, 0.2) is 12.1 Å². The fraction of sp³-hybridized carbons (Fsp3) is 0.878. The van der Waals surface area contributed by atoms with E-state index in [0.29, 0.717) is 37.1 Å². The maximum atomic E-state index is 10.6. The van der Waals surface area contributed by atoms with Crippen LogP contribution in [0.1, 0.15) is 219 Å². The third-order valence-electron chi connectivity index (χ3n) is 11.6. The Hall–Kier alpha value is -1.62. The second kappa shape index (κ2) is 36.1. The molecular formula is C49H90O9. The maximum Gasteiger partial charge on any atom is 0.203 e. The molecule has 0 bridgehead atoms. The van der Waals surface area contributed by atoms with Crippen LogP contribution in [0.3, 0.4) is 0 Å². The normalized spacial score (nSPS) is 19.5. The topological polar surface area (TPSA) is 127 Å². The first-order valence-corrected chi connectivity index (χ1v) is 24.4. The Labute approximate surface area is 355 Å². The minimum atomic E-state index is -1.50. The molecule has 0 aromatic heterocycles. The smallest absolute Gasteiger partial charge is 0.203 e. The molecule has 0 saturated carbocycles. The number of aliphatic hydroxyl groups is 4. The number of ether oxygens (including phenoxy) is 5. The lowest BCUT2D eigenvalue weighted by Crippen LogP contribution is -2.59. The standard InChI is InChI=1S/C49H90O9/c1-4-7-10-13-16-19-22-25-28-31-34-54-42-37-41(40-57-49-47(53)46(52)45(51)44(39-50)58-49)38-43(55-35-32-29-26-23-20-17-14-11-8-5-2)48(42)56-36-33-30-27-24-21-18-15-12-9-6-3/h37-38,44-47,49-53H,4-36,39-40H2,1-3H3/t44-,45-,46+,47-,49-/m1/s1. The van der Waals surface area contributed by atoms with E-state index in [0.717, 1.165) is 44.1 Å². The van der Waals surface area contributed by atoms with Crippen LogP contribution in [0.25, 0.3) is 0 Å². The molecule has 2 rings (SSSR count). The van der Waals surface area contributed by atoms with Gasteiger partial charge in [-0.1, -0.05) is 194 Å². The van der Waals surface area contributed by atoms with E-state index in [9.17, 15) is 20.4 Å². The molecule has 1 aromatic rings. The minimum Gasteiger partial charge on any atom is -0.490 e. The van der Waals surface area contributed by atoms with Gasteiger partial charge in [-0.05, 0) is 37.0 Å². The van der Waals surface area contributed by atoms with Crippen molar-refractivity contribution in [2.24, 2.45) is 0 Å². The third-order valence-corrected chi connectivity index (χ3v) is 11.6. The molecular weight excluding hydrogens is 733 g/mol. The van der Waals surface area contributed by atoms with Crippen LogP contribution in [-0.2, 0) is 16.1 Å². The Morgan fingerprint density at radius 1 is 0.448 bits per heavy atom. The first kappa shape index (κ1) is 52.5. The van der Waals surface area contributed by atoms with E-state index in [4.69, 9.17) is 23.7 Å². The van der Waals surface area contributed by atoms with Crippen molar-refractivity contribution in [2.45, 2.75) is 251 Å². The van der Waals surface area contributed by atoms with Crippen molar-refractivity contribution in [2.75, 3.05) is 26.4 Å². The quantitative estimate of drug-likeness (QED) is 0.0478. The van der Waals surface area contributed by atoms with Gasteiger partial charge in [-0.2, -0.15) is 0 Å². The summed E-state index contributed by atoms with van der Waals surface area (Å²) in [5.41, 5.74) is 0.749. The largest absolute Gasteiger partial charge is 0.490 e. The van der Waals surface area contributed by atoms with Crippen molar-refractivity contribution >= 4 is 0 Å². The van der Waals surface area contributed by atoms with Gasteiger partial charge in [0.2, 0.25) is 5.75 Å². The van der Waals surface area contributed by atoms with Crippen molar-refractivity contribution in [3.63, 3.8) is 0 Å². The molecule has 9 nitrogen and oxygen atoms in total. The Bertz CT molecular complexity index is 1020. The highest BCUT2D eigenvalue weighted by molar-refractivity contribution is 5.54. The van der Waals surface area contributed by atoms with Gasteiger partial charge in [0.1, 0.15) is 24.4 Å². The summed E-state index contributed by atoms with van der Waals surface area (Å²) < 4.78 is 31.1.